The van der Waals surface area contributed by atoms with Crippen LogP contribution in [0.3, 0.4) is 0 Å². The van der Waals surface area contributed by atoms with Gasteiger partial charge in [0.15, 0.2) is 0 Å². The molecule has 2 saturated heterocycles. The lowest BCUT2D eigenvalue weighted by Crippen LogP contribution is -2.49. The van der Waals surface area contributed by atoms with Crippen molar-refractivity contribution in [3.63, 3.8) is 0 Å². The lowest BCUT2D eigenvalue weighted by Gasteiger charge is -2.34. The fourth-order valence-electron chi connectivity index (χ4n) is 3.41. The Morgan fingerprint density at radius 1 is 1.00 bits per heavy atom. The van der Waals surface area contributed by atoms with Crippen LogP contribution in [-0.4, -0.2) is 88.1 Å². The Hall–Kier alpha value is -1.50. The van der Waals surface area contributed by atoms with Crippen LogP contribution >= 0.6 is 0 Å². The fourth-order valence-corrected chi connectivity index (χ4v) is 4.88. The number of rotatable bonds is 6. The molecule has 7 nitrogen and oxygen atoms in total. The maximum atomic E-state index is 12.8. The van der Waals surface area contributed by atoms with Gasteiger partial charge in [0, 0.05) is 39.3 Å². The van der Waals surface area contributed by atoms with E-state index in [4.69, 9.17) is 10.00 Å². The zero-order valence-corrected chi connectivity index (χ0v) is 15.8. The molecule has 2 fully saturated rings. The Morgan fingerprint density at radius 3 is 2.31 bits per heavy atom. The van der Waals surface area contributed by atoms with E-state index >= 15 is 0 Å². The monoisotopic (exact) mass is 378 g/mol. The van der Waals surface area contributed by atoms with E-state index in [9.17, 15) is 8.42 Å². The second-order valence-corrected chi connectivity index (χ2v) is 8.63. The summed E-state index contributed by atoms with van der Waals surface area (Å²) in [5.74, 6) is 0. The minimum Gasteiger partial charge on any atom is -0.379 e. The van der Waals surface area contributed by atoms with Gasteiger partial charge in [0.05, 0.1) is 29.7 Å². The lowest BCUT2D eigenvalue weighted by molar-refractivity contribution is 0.0356. The minimum atomic E-state index is -3.52. The normalized spacial score (nSPS) is 20.7. The number of piperazine rings is 1. The van der Waals surface area contributed by atoms with Gasteiger partial charge in [0.25, 0.3) is 0 Å². The van der Waals surface area contributed by atoms with Crippen LogP contribution in [0, 0.1) is 11.3 Å². The van der Waals surface area contributed by atoms with Gasteiger partial charge in [-0.15, -0.1) is 0 Å². The van der Waals surface area contributed by atoms with Gasteiger partial charge in [0.1, 0.15) is 0 Å². The molecule has 2 aliphatic heterocycles. The summed E-state index contributed by atoms with van der Waals surface area (Å²) in [5, 5.41) is 8.97. The molecule has 1 aromatic rings. The molecule has 26 heavy (non-hydrogen) atoms. The average molecular weight is 378 g/mol. The second kappa shape index (κ2) is 8.93. The van der Waals surface area contributed by atoms with Crippen molar-refractivity contribution in [3.05, 3.63) is 29.8 Å². The molecular formula is C18H26N4O3S. The molecule has 0 bridgehead atoms. The van der Waals surface area contributed by atoms with Gasteiger partial charge in [-0.3, -0.25) is 4.90 Å². The molecule has 8 heteroatoms. The number of nitriles is 1. The van der Waals surface area contributed by atoms with Crippen molar-refractivity contribution in [1.82, 2.24) is 14.1 Å². The third-order valence-electron chi connectivity index (χ3n) is 4.98. The van der Waals surface area contributed by atoms with Crippen molar-refractivity contribution in [1.29, 1.82) is 5.26 Å². The van der Waals surface area contributed by atoms with E-state index in [1.54, 1.807) is 18.2 Å². The van der Waals surface area contributed by atoms with Crippen molar-refractivity contribution in [3.8, 4) is 6.07 Å². The summed E-state index contributed by atoms with van der Waals surface area (Å²) in [6.45, 7) is 8.22. The van der Waals surface area contributed by atoms with Gasteiger partial charge in [-0.2, -0.15) is 9.57 Å². The first-order chi connectivity index (χ1) is 12.6. The van der Waals surface area contributed by atoms with Crippen molar-refractivity contribution >= 4 is 10.0 Å². The Kier molecular flexibility index (Phi) is 6.62. The molecule has 0 atom stereocenters. The van der Waals surface area contributed by atoms with E-state index in [1.807, 2.05) is 6.07 Å². The van der Waals surface area contributed by atoms with Crippen LogP contribution < -0.4 is 0 Å². The third kappa shape index (κ3) is 4.81. The van der Waals surface area contributed by atoms with Gasteiger partial charge in [0.2, 0.25) is 10.0 Å². The first-order valence-corrected chi connectivity index (χ1v) is 10.6. The Balaban J connectivity index is 1.47. The number of benzene rings is 1. The number of sulfonamides is 1. The summed E-state index contributed by atoms with van der Waals surface area (Å²) in [5.41, 5.74) is 0.368. The predicted molar refractivity (Wildman–Crippen MR) is 98.2 cm³/mol. The van der Waals surface area contributed by atoms with Crippen molar-refractivity contribution < 1.29 is 13.2 Å². The van der Waals surface area contributed by atoms with Gasteiger partial charge < -0.3 is 9.64 Å². The molecule has 142 valence electrons. The summed E-state index contributed by atoms with van der Waals surface area (Å²) in [4.78, 5) is 4.96. The zero-order valence-electron chi connectivity index (χ0n) is 15.0. The van der Waals surface area contributed by atoms with Crippen molar-refractivity contribution in [2.24, 2.45) is 0 Å². The molecule has 2 heterocycles. The Morgan fingerprint density at radius 2 is 1.65 bits per heavy atom. The van der Waals surface area contributed by atoms with Gasteiger partial charge in [-0.05, 0) is 37.7 Å². The highest BCUT2D eigenvalue weighted by molar-refractivity contribution is 7.89. The fraction of sp³-hybridized carbons (Fsp3) is 0.611. The van der Waals surface area contributed by atoms with Crippen molar-refractivity contribution in [2.75, 3.05) is 65.6 Å². The highest BCUT2D eigenvalue weighted by atomic mass is 32.2. The standard InChI is InChI=1S/C18H26N4O3S/c19-16-17-3-1-4-18(15-17)26(23,24)22-9-7-20(8-10-22)5-2-6-21-11-13-25-14-12-21/h1,3-4,15H,2,5-14H2. The van der Waals surface area contributed by atoms with Crippen LogP contribution in [0.1, 0.15) is 12.0 Å². The van der Waals surface area contributed by atoms with Crippen LogP contribution in [0.5, 0.6) is 0 Å². The molecule has 1 aromatic carbocycles. The molecule has 0 aliphatic carbocycles. The van der Waals surface area contributed by atoms with Gasteiger partial charge in [-0.25, -0.2) is 8.42 Å². The van der Waals surface area contributed by atoms with E-state index in [1.165, 1.54) is 10.4 Å². The average Bonchev–Trinajstić information content (AvgIpc) is 2.69. The molecule has 0 N–H and O–H groups in total. The van der Waals surface area contributed by atoms with E-state index in [0.717, 1.165) is 58.9 Å². The topological polar surface area (TPSA) is 76.9 Å². The maximum Gasteiger partial charge on any atom is 0.243 e. The van der Waals surface area contributed by atoms with E-state index in [2.05, 4.69) is 9.80 Å². The summed E-state index contributed by atoms with van der Waals surface area (Å²) in [7, 11) is -3.52. The molecule has 0 unspecified atom stereocenters. The molecular weight excluding hydrogens is 352 g/mol. The van der Waals surface area contributed by atoms with Crippen LogP contribution in [0.2, 0.25) is 0 Å². The van der Waals surface area contributed by atoms with E-state index < -0.39 is 10.0 Å². The van der Waals surface area contributed by atoms with Gasteiger partial charge >= 0.3 is 0 Å². The molecule has 3 rings (SSSR count). The largest absolute Gasteiger partial charge is 0.379 e. The molecule has 0 radical (unpaired) electrons. The number of ether oxygens (including phenoxy) is 1. The Labute approximate surface area is 155 Å². The summed E-state index contributed by atoms with van der Waals surface area (Å²) in [6, 6.07) is 8.24. The minimum absolute atomic E-state index is 0.206. The molecule has 0 aromatic heterocycles. The maximum absolute atomic E-state index is 12.8. The SMILES string of the molecule is N#Cc1cccc(S(=O)(=O)N2CCN(CCCN3CCOCC3)CC2)c1. The van der Waals surface area contributed by atoms with Gasteiger partial charge in [-0.1, -0.05) is 6.07 Å². The zero-order chi connectivity index (χ0) is 18.4. The smallest absolute Gasteiger partial charge is 0.243 e. The van der Waals surface area contributed by atoms with Crippen molar-refractivity contribution in [2.45, 2.75) is 11.3 Å². The third-order valence-corrected chi connectivity index (χ3v) is 6.88. The first kappa shape index (κ1) is 19.3. The summed E-state index contributed by atoms with van der Waals surface area (Å²) in [6.07, 6.45) is 1.09. The van der Waals surface area contributed by atoms with E-state index in [-0.39, 0.29) is 4.90 Å². The Bertz CT molecular complexity index is 733. The lowest BCUT2D eigenvalue weighted by atomic mass is 10.2. The quantitative estimate of drug-likeness (QED) is 0.721. The molecule has 0 spiro atoms. The van der Waals surface area contributed by atoms with Crippen LogP contribution in [0.15, 0.2) is 29.2 Å². The second-order valence-electron chi connectivity index (χ2n) is 6.69. The summed E-state index contributed by atoms with van der Waals surface area (Å²) < 4.78 is 32.4. The number of hydrogen-bond acceptors (Lipinski definition) is 6. The number of morpholine rings is 1. The number of hydrogen-bond donors (Lipinski definition) is 0. The van der Waals surface area contributed by atoms with Crippen LogP contribution in [-0.2, 0) is 14.8 Å². The van der Waals surface area contributed by atoms with Crippen LogP contribution in [0.4, 0.5) is 0 Å². The first-order valence-electron chi connectivity index (χ1n) is 9.12. The van der Waals surface area contributed by atoms with Crippen LogP contribution in [0.25, 0.3) is 0 Å². The van der Waals surface area contributed by atoms with E-state index in [0.29, 0.717) is 18.7 Å². The number of nitrogens with zero attached hydrogens (tertiary/aromatic N) is 4. The molecule has 2 aliphatic rings. The predicted octanol–water partition coefficient (Wildman–Crippen LogP) is 0.587. The summed E-state index contributed by atoms with van der Waals surface area (Å²) >= 11 is 0. The highest BCUT2D eigenvalue weighted by Gasteiger charge is 2.28. The molecule has 0 amide bonds. The molecule has 0 saturated carbocycles. The highest BCUT2D eigenvalue weighted by Crippen LogP contribution is 2.18.